The quantitative estimate of drug-likeness (QED) is 0.213. The van der Waals surface area contributed by atoms with E-state index in [-0.39, 0.29) is 44.3 Å². The summed E-state index contributed by atoms with van der Waals surface area (Å²) < 4.78 is 12.3. The summed E-state index contributed by atoms with van der Waals surface area (Å²) in [6.07, 6.45) is -0.484. The molecule has 0 amide bonds. The van der Waals surface area contributed by atoms with Gasteiger partial charge in [0.1, 0.15) is 5.69 Å². The molecule has 2 aromatic rings. The molecule has 0 spiro atoms. The maximum Gasteiger partial charge on any atom is 0.488 e. The van der Waals surface area contributed by atoms with Crippen LogP contribution in [0.25, 0.3) is 0 Å². The molecule has 0 radical (unpaired) electrons. The van der Waals surface area contributed by atoms with Crippen molar-refractivity contribution < 1.29 is 60.8 Å². The number of aliphatic hydroxyl groups excluding tert-OH is 2. The summed E-state index contributed by atoms with van der Waals surface area (Å²) in [6.45, 7) is 1.71. The standard InChI is InChI=1S/C15H19BN3O6.U/c20-7-13-15(21)14(9-25-13)24-8-12-6-19(18-17-12)5-10-1-3-11(4-2-10)16(22)23;/h1-4,6,9,13-15,20-23H,5,7-8H2;/q-1;/t13-,14?,15?;/m1./s1. The van der Waals surface area contributed by atoms with Crippen molar-refractivity contribution in [1.82, 2.24) is 15.0 Å². The maximum atomic E-state index is 9.87. The van der Waals surface area contributed by atoms with E-state index < -0.39 is 25.4 Å². The van der Waals surface area contributed by atoms with Crippen LogP contribution in [0.3, 0.4) is 0 Å². The molecule has 9 nitrogen and oxygen atoms in total. The van der Waals surface area contributed by atoms with Gasteiger partial charge in [-0.2, -0.15) is 6.61 Å². The van der Waals surface area contributed by atoms with Crippen molar-refractivity contribution in [1.29, 1.82) is 0 Å². The van der Waals surface area contributed by atoms with Gasteiger partial charge < -0.3 is 29.7 Å². The molecule has 11 heteroatoms. The van der Waals surface area contributed by atoms with Gasteiger partial charge in [0.2, 0.25) is 0 Å². The Hall–Kier alpha value is -0.763. The van der Waals surface area contributed by atoms with E-state index >= 15 is 0 Å². The van der Waals surface area contributed by atoms with Crippen LogP contribution in [-0.4, -0.2) is 67.3 Å². The number of hydrogen-bond donors (Lipinski definition) is 4. The number of aliphatic hydroxyl groups is 2. The Morgan fingerprint density at radius 1 is 1.27 bits per heavy atom. The Labute approximate surface area is 174 Å². The molecular formula is C15H19BN3O6U-. The van der Waals surface area contributed by atoms with Gasteiger partial charge in [-0.25, -0.2) is 4.68 Å². The molecule has 3 atom stereocenters. The average Bonchev–Trinajstić information content (AvgIpc) is 3.20. The molecule has 1 aromatic carbocycles. The molecule has 138 valence electrons. The minimum atomic E-state index is -1.48. The first-order valence-corrected chi connectivity index (χ1v) is 7.80. The van der Waals surface area contributed by atoms with Crippen molar-refractivity contribution in [3.8, 4) is 0 Å². The van der Waals surface area contributed by atoms with Crippen LogP contribution in [0.5, 0.6) is 0 Å². The zero-order valence-corrected chi connectivity index (χ0v) is 18.0. The fourth-order valence-electron chi connectivity index (χ4n) is 2.49. The van der Waals surface area contributed by atoms with Crippen LogP contribution in [0.4, 0.5) is 0 Å². The van der Waals surface area contributed by atoms with Crippen LogP contribution in [0.15, 0.2) is 30.5 Å². The Bertz CT molecular complexity index is 686. The molecule has 1 fully saturated rings. The van der Waals surface area contributed by atoms with E-state index in [0.29, 0.717) is 17.7 Å². The third-order valence-electron chi connectivity index (χ3n) is 3.92. The molecule has 2 heterocycles. The summed E-state index contributed by atoms with van der Waals surface area (Å²) in [5, 5.41) is 45.1. The second kappa shape index (κ2) is 9.97. The minimum Gasteiger partial charge on any atom is -0.544 e. The summed E-state index contributed by atoms with van der Waals surface area (Å²) in [6, 6.07) is 6.83. The van der Waals surface area contributed by atoms with Gasteiger partial charge in [0, 0.05) is 31.1 Å². The molecule has 2 unspecified atom stereocenters. The Morgan fingerprint density at radius 2 is 2.00 bits per heavy atom. The normalized spacial score (nSPS) is 22.2. The second-order valence-electron chi connectivity index (χ2n) is 5.78. The van der Waals surface area contributed by atoms with Crippen molar-refractivity contribution in [2.75, 3.05) is 6.61 Å². The Balaban J connectivity index is 0.00000243. The molecule has 4 N–H and O–H groups in total. The fraction of sp³-hybridized carbons (Fsp3) is 0.400. The Kier molecular flexibility index (Phi) is 8.26. The smallest absolute Gasteiger partial charge is 0.488 e. The summed E-state index contributed by atoms with van der Waals surface area (Å²) in [5.74, 6) is 0. The van der Waals surface area contributed by atoms with Crippen LogP contribution >= 0.6 is 0 Å². The van der Waals surface area contributed by atoms with E-state index in [4.69, 9.17) is 24.6 Å². The van der Waals surface area contributed by atoms with E-state index in [2.05, 4.69) is 10.3 Å². The maximum absolute atomic E-state index is 9.87. The zero-order valence-electron chi connectivity index (χ0n) is 13.8. The summed E-state index contributed by atoms with van der Waals surface area (Å²) >= 11 is 0. The number of nitrogens with zero attached hydrogens (tertiary/aromatic N) is 3. The molecule has 0 saturated carbocycles. The van der Waals surface area contributed by atoms with Crippen molar-refractivity contribution in [3.05, 3.63) is 48.3 Å². The van der Waals surface area contributed by atoms with Crippen molar-refractivity contribution >= 4 is 12.6 Å². The molecule has 1 aliphatic heterocycles. The van der Waals surface area contributed by atoms with Crippen LogP contribution in [0, 0.1) is 37.7 Å². The predicted octanol–water partition coefficient (Wildman–Crippen LogP) is -2.19. The van der Waals surface area contributed by atoms with E-state index in [9.17, 15) is 5.11 Å². The van der Waals surface area contributed by atoms with Gasteiger partial charge in [-0.05, 0) is 17.1 Å². The number of benzene rings is 1. The molecule has 0 bridgehead atoms. The Morgan fingerprint density at radius 3 is 2.62 bits per heavy atom. The van der Waals surface area contributed by atoms with Crippen molar-refractivity contribution in [2.45, 2.75) is 31.5 Å². The van der Waals surface area contributed by atoms with E-state index in [1.54, 1.807) is 35.1 Å². The van der Waals surface area contributed by atoms with E-state index in [0.717, 1.165) is 5.56 Å². The van der Waals surface area contributed by atoms with Gasteiger partial charge in [0.15, 0.2) is 0 Å². The largest absolute Gasteiger partial charge is 0.544 e. The van der Waals surface area contributed by atoms with E-state index in [1.165, 1.54) is 6.61 Å². The minimum absolute atomic E-state index is 0. The predicted molar refractivity (Wildman–Crippen MR) is 86.2 cm³/mol. The molecule has 1 saturated heterocycles. The van der Waals surface area contributed by atoms with Crippen LogP contribution < -0.4 is 5.46 Å². The number of hydrogen-bond acceptors (Lipinski definition) is 8. The SMILES string of the molecule is OC[C@H]1O[CH-]C(OCc2cn(Cc3ccc(B(O)O)cc3)nn2)C1O.[U]. The molecule has 1 aromatic heterocycles. The molecule has 1 aliphatic rings. The first-order chi connectivity index (χ1) is 12.1. The van der Waals surface area contributed by atoms with Gasteiger partial charge in [0.05, 0.1) is 38.2 Å². The number of ether oxygens (including phenoxy) is 2. The first-order valence-electron chi connectivity index (χ1n) is 7.80. The molecule has 3 rings (SSSR count). The van der Waals surface area contributed by atoms with Gasteiger partial charge >= 0.3 is 7.12 Å². The first kappa shape index (κ1) is 21.5. The monoisotopic (exact) mass is 586 g/mol. The van der Waals surface area contributed by atoms with Crippen LogP contribution in [0.2, 0.25) is 0 Å². The van der Waals surface area contributed by atoms with Gasteiger partial charge in [-0.15, -0.1) is 5.10 Å². The number of aromatic nitrogens is 3. The van der Waals surface area contributed by atoms with E-state index in [1.807, 2.05) is 0 Å². The molecular weight excluding hydrogens is 567 g/mol. The second-order valence-corrected chi connectivity index (χ2v) is 5.78. The van der Waals surface area contributed by atoms with Crippen molar-refractivity contribution in [2.24, 2.45) is 0 Å². The number of rotatable bonds is 7. The molecule has 26 heavy (non-hydrogen) atoms. The van der Waals surface area contributed by atoms with Gasteiger partial charge in [-0.1, -0.05) is 29.5 Å². The zero-order chi connectivity index (χ0) is 17.8. The molecule has 0 aliphatic carbocycles. The van der Waals surface area contributed by atoms with Gasteiger partial charge in [-0.3, -0.25) is 0 Å². The third kappa shape index (κ3) is 5.37. The fourth-order valence-corrected chi connectivity index (χ4v) is 2.49. The third-order valence-corrected chi connectivity index (χ3v) is 3.92. The summed E-state index contributed by atoms with van der Waals surface area (Å²) in [7, 11) is -1.48. The topological polar surface area (TPSA) is 130 Å². The summed E-state index contributed by atoms with van der Waals surface area (Å²) in [5.41, 5.74) is 1.95. The average molecular weight is 586 g/mol. The van der Waals surface area contributed by atoms with Crippen molar-refractivity contribution in [3.63, 3.8) is 0 Å². The van der Waals surface area contributed by atoms with Crippen LogP contribution in [0.1, 0.15) is 11.3 Å². The van der Waals surface area contributed by atoms with Crippen LogP contribution in [-0.2, 0) is 22.6 Å². The van der Waals surface area contributed by atoms with Gasteiger partial charge in [0.25, 0.3) is 0 Å². The summed E-state index contributed by atoms with van der Waals surface area (Å²) in [4.78, 5) is 0.